The van der Waals surface area contributed by atoms with Crippen LogP contribution < -0.4 is 10.6 Å². The van der Waals surface area contributed by atoms with Crippen LogP contribution in [0.25, 0.3) is 0 Å². The van der Waals surface area contributed by atoms with E-state index in [1.54, 1.807) is 0 Å². The van der Waals surface area contributed by atoms with Gasteiger partial charge in [-0.1, -0.05) is 33.1 Å². The Kier molecular flexibility index (Phi) is 7.33. The molecule has 106 valence electrons. The van der Waals surface area contributed by atoms with E-state index in [0.717, 1.165) is 38.6 Å². The van der Waals surface area contributed by atoms with Crippen LogP contribution in [-0.4, -0.2) is 24.5 Å². The van der Waals surface area contributed by atoms with Crippen molar-refractivity contribution in [2.24, 2.45) is 5.92 Å². The molecule has 1 aliphatic rings. The van der Waals surface area contributed by atoms with Crippen molar-refractivity contribution in [2.75, 3.05) is 6.54 Å². The van der Waals surface area contributed by atoms with Gasteiger partial charge in [0.2, 0.25) is 5.91 Å². The van der Waals surface area contributed by atoms with E-state index in [9.17, 15) is 4.79 Å². The van der Waals surface area contributed by atoms with Gasteiger partial charge in [0.05, 0.1) is 5.92 Å². The van der Waals surface area contributed by atoms with Gasteiger partial charge in [0.1, 0.15) is 0 Å². The maximum atomic E-state index is 12.2. The van der Waals surface area contributed by atoms with Crippen LogP contribution in [0.1, 0.15) is 65.7 Å². The van der Waals surface area contributed by atoms with Gasteiger partial charge in [0.25, 0.3) is 0 Å². The highest BCUT2D eigenvalue weighted by Crippen LogP contribution is 2.15. The lowest BCUT2D eigenvalue weighted by Crippen LogP contribution is -2.46. The Balaban J connectivity index is 2.35. The molecule has 0 aliphatic carbocycles. The molecule has 2 N–H and O–H groups in total. The molecule has 0 saturated carbocycles. The van der Waals surface area contributed by atoms with E-state index in [-0.39, 0.29) is 11.8 Å². The quantitative estimate of drug-likeness (QED) is 0.733. The first-order chi connectivity index (χ1) is 8.67. The maximum absolute atomic E-state index is 12.2. The van der Waals surface area contributed by atoms with Crippen LogP contribution >= 0.6 is 0 Å². The van der Waals surface area contributed by atoms with Crippen LogP contribution in [0, 0.1) is 5.92 Å². The lowest BCUT2D eigenvalue weighted by atomic mass is 9.94. The van der Waals surface area contributed by atoms with Gasteiger partial charge in [-0.25, -0.2) is 0 Å². The number of nitrogens with one attached hydrogen (secondary N) is 2. The predicted molar refractivity (Wildman–Crippen MR) is 76.6 cm³/mol. The van der Waals surface area contributed by atoms with E-state index < -0.39 is 0 Å². The number of unbranched alkanes of at least 4 members (excludes halogenated alkanes) is 1. The molecular formula is C15H30N2O. The third kappa shape index (κ3) is 5.38. The van der Waals surface area contributed by atoms with Gasteiger partial charge in [-0.15, -0.1) is 0 Å². The fourth-order valence-electron chi connectivity index (χ4n) is 2.63. The molecule has 0 aromatic rings. The van der Waals surface area contributed by atoms with Gasteiger partial charge in [-0.3, -0.25) is 4.79 Å². The molecule has 1 aliphatic heterocycles. The Bertz CT molecular complexity index is 235. The number of hydrogen-bond donors (Lipinski definition) is 2. The maximum Gasteiger partial charge on any atom is 0.224 e. The summed E-state index contributed by atoms with van der Waals surface area (Å²) in [7, 11) is 0. The summed E-state index contributed by atoms with van der Waals surface area (Å²) in [6.45, 7) is 7.43. The molecule has 18 heavy (non-hydrogen) atoms. The predicted octanol–water partition coefficient (Wildman–Crippen LogP) is 2.85. The monoisotopic (exact) mass is 254 g/mol. The van der Waals surface area contributed by atoms with Gasteiger partial charge >= 0.3 is 0 Å². The van der Waals surface area contributed by atoms with Crippen molar-refractivity contribution in [2.45, 2.75) is 77.8 Å². The largest absolute Gasteiger partial charge is 0.353 e. The van der Waals surface area contributed by atoms with Gasteiger partial charge in [-0.05, 0) is 32.6 Å². The van der Waals surface area contributed by atoms with Crippen LogP contribution in [0.4, 0.5) is 0 Å². The van der Waals surface area contributed by atoms with Crippen molar-refractivity contribution < 1.29 is 4.79 Å². The van der Waals surface area contributed by atoms with Gasteiger partial charge in [-0.2, -0.15) is 0 Å². The van der Waals surface area contributed by atoms with Crippen LogP contribution in [0.5, 0.6) is 0 Å². The van der Waals surface area contributed by atoms with Gasteiger partial charge < -0.3 is 10.6 Å². The minimum atomic E-state index is 0.183. The molecule has 0 bridgehead atoms. The Morgan fingerprint density at radius 2 is 2.06 bits per heavy atom. The molecule has 0 aromatic heterocycles. The molecule has 1 rings (SSSR count). The summed E-state index contributed by atoms with van der Waals surface area (Å²) < 4.78 is 0. The van der Waals surface area contributed by atoms with Crippen LogP contribution in [0.2, 0.25) is 0 Å². The molecule has 3 atom stereocenters. The lowest BCUT2D eigenvalue weighted by molar-refractivity contribution is -0.126. The van der Waals surface area contributed by atoms with E-state index in [1.165, 1.54) is 12.8 Å². The van der Waals surface area contributed by atoms with E-state index >= 15 is 0 Å². The van der Waals surface area contributed by atoms with E-state index in [1.807, 2.05) is 0 Å². The van der Waals surface area contributed by atoms with Crippen molar-refractivity contribution in [1.29, 1.82) is 0 Å². The summed E-state index contributed by atoms with van der Waals surface area (Å²) in [6, 6.07) is 0.961. The second-order valence-electron chi connectivity index (χ2n) is 5.72. The fraction of sp³-hybridized carbons (Fsp3) is 0.933. The molecule has 1 amide bonds. The summed E-state index contributed by atoms with van der Waals surface area (Å²) in [6.07, 6.45) is 7.96. The van der Waals surface area contributed by atoms with Crippen LogP contribution in [-0.2, 0) is 4.79 Å². The molecule has 3 nitrogen and oxygen atoms in total. The zero-order valence-electron chi connectivity index (χ0n) is 12.3. The number of hydrogen-bond acceptors (Lipinski definition) is 2. The standard InChI is InChI=1S/C15H30N2O/c1-4-6-8-14(7-5-2)17-15(18)13-10-9-12(3)16-11-13/h12-14,16H,4-11H2,1-3H3,(H,17,18). The highest BCUT2D eigenvalue weighted by Gasteiger charge is 2.25. The zero-order chi connectivity index (χ0) is 13.4. The molecule has 3 unspecified atom stereocenters. The smallest absolute Gasteiger partial charge is 0.224 e. The highest BCUT2D eigenvalue weighted by molar-refractivity contribution is 5.79. The van der Waals surface area contributed by atoms with E-state index in [2.05, 4.69) is 31.4 Å². The second-order valence-corrected chi connectivity index (χ2v) is 5.72. The second kappa shape index (κ2) is 8.52. The molecule has 1 heterocycles. The van der Waals surface area contributed by atoms with Gasteiger partial charge in [0, 0.05) is 18.6 Å². The molecule has 0 spiro atoms. The zero-order valence-corrected chi connectivity index (χ0v) is 12.3. The SMILES string of the molecule is CCCCC(CCC)NC(=O)C1CCC(C)NC1. The third-order valence-electron chi connectivity index (χ3n) is 3.92. The normalized spacial score (nSPS) is 25.7. The minimum absolute atomic E-state index is 0.183. The van der Waals surface area contributed by atoms with E-state index in [4.69, 9.17) is 0 Å². The Morgan fingerprint density at radius 3 is 2.61 bits per heavy atom. The summed E-state index contributed by atoms with van der Waals surface area (Å²) in [4.78, 5) is 12.2. The average molecular weight is 254 g/mol. The number of piperidine rings is 1. The van der Waals surface area contributed by atoms with Crippen molar-refractivity contribution in [3.63, 3.8) is 0 Å². The number of carbonyl (C=O) groups excluding carboxylic acids is 1. The first kappa shape index (κ1) is 15.5. The Hall–Kier alpha value is -0.570. The highest BCUT2D eigenvalue weighted by atomic mass is 16.2. The Morgan fingerprint density at radius 1 is 1.28 bits per heavy atom. The number of amides is 1. The van der Waals surface area contributed by atoms with E-state index in [0.29, 0.717) is 12.1 Å². The first-order valence-corrected chi connectivity index (χ1v) is 7.71. The molecule has 0 aromatic carbocycles. The third-order valence-corrected chi connectivity index (χ3v) is 3.92. The fourth-order valence-corrected chi connectivity index (χ4v) is 2.63. The van der Waals surface area contributed by atoms with Crippen molar-refractivity contribution in [3.05, 3.63) is 0 Å². The summed E-state index contributed by atoms with van der Waals surface area (Å²) in [5.74, 6) is 0.450. The summed E-state index contributed by atoms with van der Waals surface area (Å²) in [5.41, 5.74) is 0. The molecular weight excluding hydrogens is 224 g/mol. The average Bonchev–Trinajstić information content (AvgIpc) is 2.37. The van der Waals surface area contributed by atoms with Crippen molar-refractivity contribution in [3.8, 4) is 0 Å². The van der Waals surface area contributed by atoms with Gasteiger partial charge in [0.15, 0.2) is 0 Å². The molecule has 1 saturated heterocycles. The minimum Gasteiger partial charge on any atom is -0.353 e. The Labute approximate surface area is 112 Å². The number of carbonyl (C=O) groups is 1. The first-order valence-electron chi connectivity index (χ1n) is 7.71. The molecule has 3 heteroatoms. The molecule has 0 radical (unpaired) electrons. The van der Waals surface area contributed by atoms with Crippen molar-refractivity contribution in [1.82, 2.24) is 10.6 Å². The topological polar surface area (TPSA) is 41.1 Å². The van der Waals surface area contributed by atoms with Crippen LogP contribution in [0.3, 0.4) is 0 Å². The summed E-state index contributed by atoms with van der Waals surface area (Å²) in [5, 5.41) is 6.66. The van der Waals surface area contributed by atoms with Crippen molar-refractivity contribution >= 4 is 5.91 Å². The number of rotatable bonds is 7. The summed E-state index contributed by atoms with van der Waals surface area (Å²) >= 11 is 0. The van der Waals surface area contributed by atoms with Crippen LogP contribution in [0.15, 0.2) is 0 Å². The molecule has 1 fully saturated rings. The lowest BCUT2D eigenvalue weighted by Gasteiger charge is -2.28.